The van der Waals surface area contributed by atoms with Crippen molar-refractivity contribution in [2.24, 2.45) is 0 Å². The summed E-state index contributed by atoms with van der Waals surface area (Å²) >= 11 is 5.85. The first kappa shape index (κ1) is 19.0. The van der Waals surface area contributed by atoms with E-state index in [4.69, 9.17) is 21.1 Å². The Labute approximate surface area is 173 Å². The monoisotopic (exact) mass is 404 g/mol. The largest absolute Gasteiger partial charge is 0.452 e. The molecule has 0 saturated carbocycles. The Bertz CT molecular complexity index is 1130. The van der Waals surface area contributed by atoms with Crippen molar-refractivity contribution < 1.29 is 19.1 Å². The summed E-state index contributed by atoms with van der Waals surface area (Å²) in [7, 11) is 0. The topological polar surface area (TPSA) is 52.6 Å². The second-order valence-electron chi connectivity index (χ2n) is 6.73. The van der Waals surface area contributed by atoms with Gasteiger partial charge in [-0.05, 0) is 54.0 Å². The third-order valence-corrected chi connectivity index (χ3v) is 4.86. The molecule has 0 radical (unpaired) electrons. The summed E-state index contributed by atoms with van der Waals surface area (Å²) in [6.07, 6.45) is 1.84. The molecular formula is C24H17ClO4. The number of benzene rings is 3. The number of ketones is 1. The van der Waals surface area contributed by atoms with Crippen LogP contribution >= 0.6 is 11.6 Å². The highest BCUT2D eigenvalue weighted by Gasteiger charge is 2.28. The van der Waals surface area contributed by atoms with E-state index in [0.717, 1.165) is 16.7 Å². The van der Waals surface area contributed by atoms with Crippen LogP contribution in [0.2, 0.25) is 5.02 Å². The second-order valence-corrected chi connectivity index (χ2v) is 7.17. The minimum atomic E-state index is -0.410. The van der Waals surface area contributed by atoms with Crippen molar-refractivity contribution in [1.82, 2.24) is 0 Å². The summed E-state index contributed by atoms with van der Waals surface area (Å²) in [4.78, 5) is 24.8. The molecule has 0 aliphatic carbocycles. The number of halogens is 1. The SMILES string of the molecule is Cc1ccccc1/C=C1\Oc2cc(OC(=O)Cc3ccc(Cl)cc3)ccc2C1=O. The van der Waals surface area contributed by atoms with E-state index >= 15 is 0 Å². The highest BCUT2D eigenvalue weighted by molar-refractivity contribution is 6.30. The maximum absolute atomic E-state index is 12.6. The fourth-order valence-electron chi connectivity index (χ4n) is 3.06. The number of hydrogen-bond acceptors (Lipinski definition) is 4. The van der Waals surface area contributed by atoms with Crippen molar-refractivity contribution in [2.75, 3.05) is 0 Å². The number of carbonyl (C=O) groups excluding carboxylic acids is 2. The van der Waals surface area contributed by atoms with E-state index in [1.54, 1.807) is 48.5 Å². The Morgan fingerprint density at radius 2 is 1.83 bits per heavy atom. The van der Waals surface area contributed by atoms with Crippen LogP contribution in [0.3, 0.4) is 0 Å². The molecule has 0 spiro atoms. The van der Waals surface area contributed by atoms with Crippen LogP contribution in [0.15, 0.2) is 72.5 Å². The van der Waals surface area contributed by atoms with Gasteiger partial charge in [-0.3, -0.25) is 9.59 Å². The van der Waals surface area contributed by atoms with Crippen LogP contribution in [0, 0.1) is 6.92 Å². The Morgan fingerprint density at radius 3 is 2.59 bits per heavy atom. The number of allylic oxidation sites excluding steroid dienone is 1. The van der Waals surface area contributed by atoms with E-state index in [9.17, 15) is 9.59 Å². The van der Waals surface area contributed by atoms with Crippen molar-refractivity contribution in [3.63, 3.8) is 0 Å². The first-order valence-corrected chi connectivity index (χ1v) is 9.46. The van der Waals surface area contributed by atoms with Gasteiger partial charge in [0.25, 0.3) is 0 Å². The average molecular weight is 405 g/mol. The lowest BCUT2D eigenvalue weighted by molar-refractivity contribution is -0.133. The minimum absolute atomic E-state index is 0.118. The Hall–Kier alpha value is -3.37. The lowest BCUT2D eigenvalue weighted by atomic mass is 10.1. The summed E-state index contributed by atoms with van der Waals surface area (Å²) in [5.74, 6) is 0.354. The molecule has 1 heterocycles. The molecule has 1 aliphatic rings. The maximum Gasteiger partial charge on any atom is 0.315 e. The van der Waals surface area contributed by atoms with E-state index in [1.165, 1.54) is 0 Å². The summed E-state index contributed by atoms with van der Waals surface area (Å²) in [6, 6.07) is 19.5. The van der Waals surface area contributed by atoms with Crippen LogP contribution in [0.4, 0.5) is 0 Å². The molecule has 5 heteroatoms. The van der Waals surface area contributed by atoms with Crippen LogP contribution in [0.5, 0.6) is 11.5 Å². The Kier molecular flexibility index (Phi) is 5.19. The van der Waals surface area contributed by atoms with Gasteiger partial charge in [-0.15, -0.1) is 0 Å². The lowest BCUT2D eigenvalue weighted by Crippen LogP contribution is -2.11. The fraction of sp³-hybridized carbons (Fsp3) is 0.0833. The molecule has 3 aromatic rings. The molecule has 0 amide bonds. The van der Waals surface area contributed by atoms with Crippen LogP contribution < -0.4 is 9.47 Å². The normalized spacial score (nSPS) is 13.9. The second kappa shape index (κ2) is 7.94. The number of rotatable bonds is 4. The Morgan fingerprint density at radius 1 is 1.07 bits per heavy atom. The van der Waals surface area contributed by atoms with Crippen molar-refractivity contribution in [1.29, 1.82) is 0 Å². The van der Waals surface area contributed by atoms with E-state index in [0.29, 0.717) is 22.1 Å². The van der Waals surface area contributed by atoms with Gasteiger partial charge in [-0.2, -0.15) is 0 Å². The van der Waals surface area contributed by atoms with Crippen LogP contribution in [0.1, 0.15) is 27.0 Å². The molecule has 0 unspecified atom stereocenters. The van der Waals surface area contributed by atoms with Crippen LogP contribution in [-0.4, -0.2) is 11.8 Å². The lowest BCUT2D eigenvalue weighted by Gasteiger charge is -2.06. The molecule has 4 rings (SSSR count). The summed E-state index contributed by atoms with van der Waals surface area (Å²) in [6.45, 7) is 1.97. The molecule has 0 fully saturated rings. The van der Waals surface area contributed by atoms with Crippen molar-refractivity contribution >= 4 is 29.4 Å². The molecule has 4 nitrogen and oxygen atoms in total. The summed E-state index contributed by atoms with van der Waals surface area (Å²) in [5, 5.41) is 0.608. The van der Waals surface area contributed by atoms with Crippen LogP contribution in [-0.2, 0) is 11.2 Å². The molecule has 29 heavy (non-hydrogen) atoms. The van der Waals surface area contributed by atoms with Gasteiger partial charge in [0.05, 0.1) is 12.0 Å². The third kappa shape index (κ3) is 4.23. The molecule has 0 aromatic heterocycles. The van der Waals surface area contributed by atoms with Crippen molar-refractivity contribution in [3.05, 3.63) is 99.8 Å². The van der Waals surface area contributed by atoms with Crippen LogP contribution in [0.25, 0.3) is 6.08 Å². The zero-order chi connectivity index (χ0) is 20.4. The average Bonchev–Trinajstić information content (AvgIpc) is 3.00. The van der Waals surface area contributed by atoms with Gasteiger partial charge < -0.3 is 9.47 Å². The van der Waals surface area contributed by atoms with Crippen molar-refractivity contribution in [2.45, 2.75) is 13.3 Å². The molecule has 0 atom stereocenters. The number of Topliss-reactive ketones (excluding diaryl/α,β-unsaturated/α-hetero) is 1. The van der Waals surface area contributed by atoms with Gasteiger partial charge in [0.15, 0.2) is 5.76 Å². The maximum atomic E-state index is 12.6. The molecule has 0 saturated heterocycles. The molecule has 0 N–H and O–H groups in total. The Balaban J connectivity index is 1.49. The highest BCUT2D eigenvalue weighted by atomic mass is 35.5. The van der Waals surface area contributed by atoms with Gasteiger partial charge in [-0.1, -0.05) is 48.0 Å². The number of aryl methyl sites for hydroxylation is 1. The quantitative estimate of drug-likeness (QED) is 0.331. The molecule has 1 aliphatic heterocycles. The minimum Gasteiger partial charge on any atom is -0.452 e. The highest BCUT2D eigenvalue weighted by Crippen LogP contribution is 2.35. The first-order chi connectivity index (χ1) is 14.0. The molecular weight excluding hydrogens is 388 g/mol. The predicted octanol–water partition coefficient (Wildman–Crippen LogP) is 5.41. The number of hydrogen-bond donors (Lipinski definition) is 0. The van der Waals surface area contributed by atoms with Gasteiger partial charge in [0, 0.05) is 11.1 Å². The van der Waals surface area contributed by atoms with E-state index in [-0.39, 0.29) is 18.0 Å². The first-order valence-electron chi connectivity index (χ1n) is 9.08. The predicted molar refractivity (Wildman–Crippen MR) is 111 cm³/mol. The summed E-state index contributed by atoms with van der Waals surface area (Å²) in [5.41, 5.74) is 3.21. The van der Waals surface area contributed by atoms with E-state index < -0.39 is 5.97 Å². The number of carbonyl (C=O) groups is 2. The van der Waals surface area contributed by atoms with Gasteiger partial charge in [-0.25, -0.2) is 0 Å². The molecule has 3 aromatic carbocycles. The fourth-order valence-corrected chi connectivity index (χ4v) is 3.18. The standard InChI is InChI=1S/C24H17ClO4/c1-15-4-2-3-5-17(15)13-22-24(27)20-11-10-19(14-21(20)29-22)28-23(26)12-16-6-8-18(25)9-7-16/h2-11,13-14H,12H2,1H3/b22-13-. The number of fused-ring (bicyclic) bond motifs is 1. The van der Waals surface area contributed by atoms with E-state index in [2.05, 4.69) is 0 Å². The molecule has 0 bridgehead atoms. The smallest absolute Gasteiger partial charge is 0.315 e. The zero-order valence-electron chi connectivity index (χ0n) is 15.6. The van der Waals surface area contributed by atoms with Gasteiger partial charge in [0.2, 0.25) is 5.78 Å². The number of esters is 1. The molecule has 144 valence electrons. The van der Waals surface area contributed by atoms with Gasteiger partial charge in [0.1, 0.15) is 11.5 Å². The van der Waals surface area contributed by atoms with E-state index in [1.807, 2.05) is 31.2 Å². The third-order valence-electron chi connectivity index (χ3n) is 4.61. The summed E-state index contributed by atoms with van der Waals surface area (Å²) < 4.78 is 11.1. The van der Waals surface area contributed by atoms with Crippen molar-refractivity contribution in [3.8, 4) is 11.5 Å². The number of ether oxygens (including phenoxy) is 2. The van der Waals surface area contributed by atoms with Gasteiger partial charge >= 0.3 is 5.97 Å². The zero-order valence-corrected chi connectivity index (χ0v) is 16.4.